The molecule has 3 amide bonds. The fourth-order valence-electron chi connectivity index (χ4n) is 4.38. The molecule has 0 bridgehead atoms. The molecule has 0 aliphatic carbocycles. The number of piperidine rings is 1. The van der Waals surface area contributed by atoms with Crippen LogP contribution in [0.2, 0.25) is 0 Å². The van der Waals surface area contributed by atoms with Crippen molar-refractivity contribution in [3.63, 3.8) is 0 Å². The molecule has 1 aromatic rings. The van der Waals surface area contributed by atoms with Crippen molar-refractivity contribution in [3.8, 4) is 0 Å². The van der Waals surface area contributed by atoms with Gasteiger partial charge in [0.25, 0.3) is 5.91 Å². The number of nitrogens with zero attached hydrogens (tertiary/aromatic N) is 2. The fourth-order valence-corrected chi connectivity index (χ4v) is 4.38. The van der Waals surface area contributed by atoms with E-state index in [2.05, 4.69) is 30.1 Å². The van der Waals surface area contributed by atoms with Gasteiger partial charge in [-0.15, -0.1) is 0 Å². The third-order valence-corrected chi connectivity index (χ3v) is 6.43. The zero-order valence-corrected chi connectivity index (χ0v) is 15.4. The van der Waals surface area contributed by atoms with Crippen LogP contribution < -0.4 is 10.2 Å². The summed E-state index contributed by atoms with van der Waals surface area (Å²) in [7, 11) is 0. The largest absolute Gasteiger partial charge is 0.370 e. The highest BCUT2D eigenvalue weighted by molar-refractivity contribution is 6.05. The van der Waals surface area contributed by atoms with Crippen molar-refractivity contribution in [2.45, 2.75) is 52.1 Å². The second-order valence-corrected chi connectivity index (χ2v) is 7.80. The van der Waals surface area contributed by atoms with Crippen LogP contribution in [-0.4, -0.2) is 41.8 Å². The molecule has 3 aliphatic rings. The Bertz CT molecular complexity index is 777. The third-order valence-electron chi connectivity index (χ3n) is 6.43. The summed E-state index contributed by atoms with van der Waals surface area (Å²) in [5.41, 5.74) is 3.14. The average molecular weight is 355 g/mol. The number of nitrogens with one attached hydrogen (secondary N) is 1. The molecule has 2 saturated heterocycles. The van der Waals surface area contributed by atoms with E-state index in [0.29, 0.717) is 23.9 Å². The quantitative estimate of drug-likeness (QED) is 0.840. The van der Waals surface area contributed by atoms with Crippen LogP contribution in [0.25, 0.3) is 0 Å². The Labute approximate surface area is 153 Å². The lowest BCUT2D eigenvalue weighted by Gasteiger charge is -2.51. The monoisotopic (exact) mass is 355 g/mol. The molecule has 26 heavy (non-hydrogen) atoms. The molecule has 0 aromatic heterocycles. The van der Waals surface area contributed by atoms with Gasteiger partial charge >= 0.3 is 0 Å². The molecule has 0 spiro atoms. The van der Waals surface area contributed by atoms with E-state index in [0.717, 1.165) is 24.3 Å². The van der Waals surface area contributed by atoms with Gasteiger partial charge in [-0.3, -0.25) is 19.7 Å². The van der Waals surface area contributed by atoms with Crippen LogP contribution in [-0.2, 0) is 16.1 Å². The highest BCUT2D eigenvalue weighted by atomic mass is 16.2. The van der Waals surface area contributed by atoms with E-state index in [9.17, 15) is 14.4 Å². The summed E-state index contributed by atoms with van der Waals surface area (Å²) in [6, 6.07) is 5.51. The predicted molar refractivity (Wildman–Crippen MR) is 97.7 cm³/mol. The maximum atomic E-state index is 12.9. The van der Waals surface area contributed by atoms with Crippen LogP contribution in [0.5, 0.6) is 0 Å². The van der Waals surface area contributed by atoms with Gasteiger partial charge in [0.15, 0.2) is 0 Å². The van der Waals surface area contributed by atoms with Gasteiger partial charge in [0.1, 0.15) is 6.04 Å². The Morgan fingerprint density at radius 1 is 1.15 bits per heavy atom. The van der Waals surface area contributed by atoms with Gasteiger partial charge in [-0.2, -0.15) is 0 Å². The average Bonchev–Trinajstić information content (AvgIpc) is 2.91. The number of carbonyl (C=O) groups is 3. The van der Waals surface area contributed by atoms with Gasteiger partial charge in [0, 0.05) is 42.7 Å². The van der Waals surface area contributed by atoms with Crippen LogP contribution in [0.1, 0.15) is 55.5 Å². The minimum atomic E-state index is -0.548. The van der Waals surface area contributed by atoms with Gasteiger partial charge in [-0.05, 0) is 37.0 Å². The molecule has 1 aromatic carbocycles. The molecule has 0 saturated carbocycles. The summed E-state index contributed by atoms with van der Waals surface area (Å²) in [5, 5.41) is 2.34. The first-order valence-corrected chi connectivity index (χ1v) is 9.49. The number of hydrogen-bond acceptors (Lipinski definition) is 4. The number of benzene rings is 1. The molecule has 1 N–H and O–H groups in total. The molecule has 3 aliphatic heterocycles. The third kappa shape index (κ3) is 2.59. The highest BCUT2D eigenvalue weighted by Gasteiger charge is 2.42. The summed E-state index contributed by atoms with van der Waals surface area (Å²) in [4.78, 5) is 40.3. The van der Waals surface area contributed by atoms with E-state index in [4.69, 9.17) is 0 Å². The van der Waals surface area contributed by atoms with E-state index in [-0.39, 0.29) is 24.1 Å². The topological polar surface area (TPSA) is 69.7 Å². The first kappa shape index (κ1) is 17.1. The predicted octanol–water partition coefficient (Wildman–Crippen LogP) is 2.07. The molecule has 1 atom stereocenters. The lowest BCUT2D eigenvalue weighted by atomic mass is 9.75. The van der Waals surface area contributed by atoms with Crippen LogP contribution in [0.3, 0.4) is 0 Å². The van der Waals surface area contributed by atoms with E-state index in [1.807, 2.05) is 12.1 Å². The van der Waals surface area contributed by atoms with E-state index in [1.165, 1.54) is 12.8 Å². The molecule has 138 valence electrons. The van der Waals surface area contributed by atoms with Crippen molar-refractivity contribution in [2.24, 2.45) is 5.41 Å². The standard InChI is InChI=1S/C20H25N3O3/c1-3-20(4-2)11-22(12-20)14-6-5-13-10-23(19(26)15(13)9-14)16-7-8-17(24)21-18(16)25/h5-6,9,16H,3-4,7-8,10-12H2,1-2H3,(H,21,24,25). The summed E-state index contributed by atoms with van der Waals surface area (Å²) in [6.07, 6.45) is 3.03. The van der Waals surface area contributed by atoms with Crippen molar-refractivity contribution in [2.75, 3.05) is 18.0 Å². The van der Waals surface area contributed by atoms with Crippen molar-refractivity contribution in [1.29, 1.82) is 0 Å². The minimum Gasteiger partial charge on any atom is -0.370 e. The number of rotatable bonds is 4. The van der Waals surface area contributed by atoms with Gasteiger partial charge < -0.3 is 9.80 Å². The molecule has 4 rings (SSSR count). The number of imide groups is 1. The van der Waals surface area contributed by atoms with Crippen LogP contribution in [0.4, 0.5) is 5.69 Å². The highest BCUT2D eigenvalue weighted by Crippen LogP contribution is 2.41. The van der Waals surface area contributed by atoms with Gasteiger partial charge in [0.05, 0.1) is 0 Å². The van der Waals surface area contributed by atoms with Gasteiger partial charge in [-0.1, -0.05) is 19.9 Å². The summed E-state index contributed by atoms with van der Waals surface area (Å²) in [6.45, 7) is 6.98. The normalized spacial score (nSPS) is 24.4. The lowest BCUT2D eigenvalue weighted by molar-refractivity contribution is -0.136. The smallest absolute Gasteiger partial charge is 0.255 e. The fraction of sp³-hybridized carbons (Fsp3) is 0.550. The Morgan fingerprint density at radius 3 is 2.54 bits per heavy atom. The number of anilines is 1. The summed E-state index contributed by atoms with van der Waals surface area (Å²) in [5.74, 6) is -0.721. The zero-order valence-electron chi connectivity index (χ0n) is 15.4. The molecule has 3 heterocycles. The first-order chi connectivity index (χ1) is 12.5. The summed E-state index contributed by atoms with van der Waals surface area (Å²) < 4.78 is 0. The molecule has 1 unspecified atom stereocenters. The SMILES string of the molecule is CCC1(CC)CN(c2ccc3c(c2)C(=O)N(C2CCC(=O)NC2=O)C3)C1. The maximum Gasteiger partial charge on any atom is 0.255 e. The van der Waals surface area contributed by atoms with Crippen molar-refractivity contribution >= 4 is 23.4 Å². The minimum absolute atomic E-state index is 0.103. The second kappa shape index (κ2) is 6.11. The van der Waals surface area contributed by atoms with Crippen LogP contribution in [0, 0.1) is 5.41 Å². The molecule has 6 nitrogen and oxygen atoms in total. The number of hydrogen-bond donors (Lipinski definition) is 1. The molecule has 2 fully saturated rings. The molecular weight excluding hydrogens is 330 g/mol. The van der Waals surface area contributed by atoms with Crippen molar-refractivity contribution in [1.82, 2.24) is 10.2 Å². The molecular formula is C20H25N3O3. The van der Waals surface area contributed by atoms with Gasteiger partial charge in [-0.25, -0.2) is 0 Å². The first-order valence-electron chi connectivity index (χ1n) is 9.49. The Morgan fingerprint density at radius 2 is 1.88 bits per heavy atom. The molecule has 0 radical (unpaired) electrons. The van der Waals surface area contributed by atoms with E-state index < -0.39 is 6.04 Å². The van der Waals surface area contributed by atoms with Gasteiger partial charge in [0.2, 0.25) is 11.8 Å². The maximum absolute atomic E-state index is 12.9. The van der Waals surface area contributed by atoms with Crippen LogP contribution in [0.15, 0.2) is 18.2 Å². The Hall–Kier alpha value is -2.37. The van der Waals surface area contributed by atoms with E-state index >= 15 is 0 Å². The second-order valence-electron chi connectivity index (χ2n) is 7.80. The number of fused-ring (bicyclic) bond motifs is 1. The van der Waals surface area contributed by atoms with E-state index in [1.54, 1.807) is 4.90 Å². The number of carbonyl (C=O) groups excluding carboxylic acids is 3. The van der Waals surface area contributed by atoms with Crippen molar-refractivity contribution < 1.29 is 14.4 Å². The molecule has 6 heteroatoms. The lowest BCUT2D eigenvalue weighted by Crippen LogP contribution is -2.56. The van der Waals surface area contributed by atoms with Crippen LogP contribution >= 0.6 is 0 Å². The zero-order chi connectivity index (χ0) is 18.5. The van der Waals surface area contributed by atoms with Crippen molar-refractivity contribution in [3.05, 3.63) is 29.3 Å². The Balaban J connectivity index is 1.51. The Kier molecular flexibility index (Phi) is 4.01. The number of amides is 3. The summed E-state index contributed by atoms with van der Waals surface area (Å²) >= 11 is 0.